The van der Waals surface area contributed by atoms with Gasteiger partial charge >= 0.3 is 0 Å². The third kappa shape index (κ3) is 3.39. The first-order chi connectivity index (χ1) is 10.7. The highest BCUT2D eigenvalue weighted by atomic mass is 32.2. The van der Waals surface area contributed by atoms with Crippen LogP contribution in [0.25, 0.3) is 0 Å². The Balaban J connectivity index is 1.68. The van der Waals surface area contributed by atoms with Crippen molar-refractivity contribution in [3.8, 4) is 0 Å². The minimum absolute atomic E-state index is 0.181. The van der Waals surface area contributed by atoms with Gasteiger partial charge in [-0.3, -0.25) is 4.90 Å². The third-order valence-corrected chi connectivity index (χ3v) is 6.01. The molecule has 2 aromatic carbocycles. The van der Waals surface area contributed by atoms with Gasteiger partial charge < -0.3 is 0 Å². The smallest absolute Gasteiger partial charge is 0.179 e. The van der Waals surface area contributed by atoms with Gasteiger partial charge in [0.15, 0.2) is 9.84 Å². The largest absolute Gasteiger partial charge is 0.295 e. The minimum atomic E-state index is -3.20. The first-order valence-corrected chi connectivity index (χ1v) is 9.39. The van der Waals surface area contributed by atoms with Gasteiger partial charge in [-0.15, -0.1) is 0 Å². The van der Waals surface area contributed by atoms with Crippen molar-refractivity contribution in [1.82, 2.24) is 4.90 Å². The van der Waals surface area contributed by atoms with Gasteiger partial charge in [0, 0.05) is 12.6 Å². The Morgan fingerprint density at radius 3 is 2.27 bits per heavy atom. The molecule has 1 unspecified atom stereocenters. The zero-order chi connectivity index (χ0) is 15.4. The molecule has 0 N–H and O–H groups in total. The van der Waals surface area contributed by atoms with Crippen molar-refractivity contribution in [2.24, 2.45) is 0 Å². The second-order valence-electron chi connectivity index (χ2n) is 5.74. The van der Waals surface area contributed by atoms with Crippen LogP contribution in [0.15, 0.2) is 65.6 Å². The predicted molar refractivity (Wildman–Crippen MR) is 88.5 cm³/mol. The molecule has 1 aliphatic rings. The molecule has 22 heavy (non-hydrogen) atoms. The van der Waals surface area contributed by atoms with Crippen LogP contribution >= 0.6 is 0 Å². The highest BCUT2D eigenvalue weighted by Gasteiger charge is 2.27. The molecule has 2 aromatic rings. The maximum absolute atomic E-state index is 12.4. The lowest BCUT2D eigenvalue weighted by atomic mass is 10.1. The Hall–Kier alpha value is -1.65. The van der Waals surface area contributed by atoms with E-state index in [2.05, 4.69) is 17.0 Å². The van der Waals surface area contributed by atoms with Crippen LogP contribution in [0.3, 0.4) is 0 Å². The zero-order valence-electron chi connectivity index (χ0n) is 12.6. The molecule has 0 saturated carbocycles. The van der Waals surface area contributed by atoms with E-state index in [1.165, 1.54) is 5.56 Å². The Bertz CT molecular complexity index is 698. The molecule has 1 fully saturated rings. The molecule has 0 spiro atoms. The predicted octanol–water partition coefficient (Wildman–Crippen LogP) is 3.30. The van der Waals surface area contributed by atoms with Gasteiger partial charge in [-0.2, -0.15) is 0 Å². The molecule has 3 nitrogen and oxygen atoms in total. The zero-order valence-corrected chi connectivity index (χ0v) is 13.4. The fourth-order valence-electron chi connectivity index (χ4n) is 3.13. The number of hydrogen-bond donors (Lipinski definition) is 0. The summed E-state index contributed by atoms with van der Waals surface area (Å²) in [7, 11) is -3.20. The normalized spacial score (nSPS) is 19.4. The first-order valence-electron chi connectivity index (χ1n) is 7.74. The molecule has 4 heteroatoms. The van der Waals surface area contributed by atoms with Crippen molar-refractivity contribution < 1.29 is 8.42 Å². The van der Waals surface area contributed by atoms with E-state index in [4.69, 9.17) is 0 Å². The average Bonchev–Trinajstić information content (AvgIpc) is 3.03. The highest BCUT2D eigenvalue weighted by Crippen LogP contribution is 2.31. The van der Waals surface area contributed by atoms with Crippen LogP contribution in [0.1, 0.15) is 24.4 Å². The quantitative estimate of drug-likeness (QED) is 0.849. The van der Waals surface area contributed by atoms with E-state index in [9.17, 15) is 8.42 Å². The summed E-state index contributed by atoms with van der Waals surface area (Å²) in [5.41, 5.74) is 1.29. The third-order valence-electron chi connectivity index (χ3n) is 4.30. The molecule has 1 heterocycles. The topological polar surface area (TPSA) is 37.4 Å². The van der Waals surface area contributed by atoms with E-state index in [-0.39, 0.29) is 5.75 Å². The highest BCUT2D eigenvalue weighted by molar-refractivity contribution is 7.91. The van der Waals surface area contributed by atoms with Crippen LogP contribution in [0.5, 0.6) is 0 Å². The number of likely N-dealkylation sites (tertiary alicyclic amines) is 1. The Labute approximate surface area is 132 Å². The van der Waals surface area contributed by atoms with Gasteiger partial charge in [-0.05, 0) is 37.1 Å². The Morgan fingerprint density at radius 2 is 1.59 bits per heavy atom. The van der Waals surface area contributed by atoms with E-state index >= 15 is 0 Å². The van der Waals surface area contributed by atoms with E-state index in [0.29, 0.717) is 17.5 Å². The van der Waals surface area contributed by atoms with Crippen LogP contribution in [0.4, 0.5) is 0 Å². The fraction of sp³-hybridized carbons (Fsp3) is 0.333. The van der Waals surface area contributed by atoms with Gasteiger partial charge in [0.2, 0.25) is 0 Å². The number of rotatable bonds is 5. The lowest BCUT2D eigenvalue weighted by molar-refractivity contribution is 0.272. The van der Waals surface area contributed by atoms with Gasteiger partial charge in [0.25, 0.3) is 0 Å². The number of benzene rings is 2. The second kappa shape index (κ2) is 6.63. The van der Waals surface area contributed by atoms with Crippen LogP contribution in [-0.4, -0.2) is 32.2 Å². The molecule has 1 saturated heterocycles. The molecular formula is C18H21NO2S. The van der Waals surface area contributed by atoms with Crippen LogP contribution in [-0.2, 0) is 9.84 Å². The molecule has 0 aromatic heterocycles. The lowest BCUT2D eigenvalue weighted by Crippen LogP contribution is -2.29. The van der Waals surface area contributed by atoms with Gasteiger partial charge in [-0.1, -0.05) is 48.5 Å². The van der Waals surface area contributed by atoms with Crippen LogP contribution in [0.2, 0.25) is 0 Å². The maximum atomic E-state index is 12.4. The summed E-state index contributed by atoms with van der Waals surface area (Å²) in [5.74, 6) is 0.181. The number of nitrogens with zero attached hydrogens (tertiary/aromatic N) is 1. The average molecular weight is 315 g/mol. The number of hydrogen-bond acceptors (Lipinski definition) is 3. The second-order valence-corrected chi connectivity index (χ2v) is 7.85. The van der Waals surface area contributed by atoms with Crippen molar-refractivity contribution in [2.45, 2.75) is 23.8 Å². The van der Waals surface area contributed by atoms with Gasteiger partial charge in [-0.25, -0.2) is 8.42 Å². The number of sulfone groups is 1. The standard InChI is InChI=1S/C18H21NO2S/c20-22(21,17-10-5-2-6-11-17)15-14-19-13-7-12-18(19)16-8-3-1-4-9-16/h1-6,8-11,18H,7,12-15H2. The van der Waals surface area contributed by atoms with E-state index in [0.717, 1.165) is 19.4 Å². The summed E-state index contributed by atoms with van der Waals surface area (Å²) >= 11 is 0. The molecule has 116 valence electrons. The molecule has 0 bridgehead atoms. The summed E-state index contributed by atoms with van der Waals surface area (Å²) in [4.78, 5) is 2.72. The molecule has 3 rings (SSSR count). The molecular weight excluding hydrogens is 294 g/mol. The SMILES string of the molecule is O=S(=O)(CCN1CCCC1c1ccccc1)c1ccccc1. The van der Waals surface area contributed by atoms with Crippen LogP contribution < -0.4 is 0 Å². The summed E-state index contributed by atoms with van der Waals surface area (Å²) in [6.07, 6.45) is 2.24. The molecule has 0 amide bonds. The summed E-state index contributed by atoms with van der Waals surface area (Å²) < 4.78 is 24.8. The summed E-state index contributed by atoms with van der Waals surface area (Å²) in [6.45, 7) is 1.57. The molecule has 1 aliphatic heterocycles. The fourth-order valence-corrected chi connectivity index (χ4v) is 4.41. The van der Waals surface area contributed by atoms with Crippen molar-refractivity contribution in [3.05, 3.63) is 66.2 Å². The van der Waals surface area contributed by atoms with Crippen molar-refractivity contribution in [2.75, 3.05) is 18.8 Å². The van der Waals surface area contributed by atoms with Gasteiger partial charge in [0.05, 0.1) is 10.6 Å². The Morgan fingerprint density at radius 1 is 0.955 bits per heavy atom. The van der Waals surface area contributed by atoms with Gasteiger partial charge in [0.1, 0.15) is 0 Å². The van der Waals surface area contributed by atoms with Crippen molar-refractivity contribution in [3.63, 3.8) is 0 Å². The minimum Gasteiger partial charge on any atom is -0.295 e. The van der Waals surface area contributed by atoms with Crippen molar-refractivity contribution in [1.29, 1.82) is 0 Å². The molecule has 0 aliphatic carbocycles. The molecule has 0 radical (unpaired) electrons. The maximum Gasteiger partial charge on any atom is 0.179 e. The summed E-state index contributed by atoms with van der Waals surface area (Å²) in [6, 6.07) is 19.5. The van der Waals surface area contributed by atoms with Crippen molar-refractivity contribution >= 4 is 9.84 Å². The van der Waals surface area contributed by atoms with E-state index in [1.54, 1.807) is 24.3 Å². The first kappa shape index (κ1) is 15.3. The van der Waals surface area contributed by atoms with Crippen LogP contribution in [0, 0.1) is 0 Å². The van der Waals surface area contributed by atoms with E-state index in [1.807, 2.05) is 24.3 Å². The Kier molecular flexibility index (Phi) is 4.60. The lowest BCUT2D eigenvalue weighted by Gasteiger charge is -2.24. The summed E-state index contributed by atoms with van der Waals surface area (Å²) in [5, 5.41) is 0. The van der Waals surface area contributed by atoms with E-state index < -0.39 is 9.84 Å². The molecule has 1 atom stereocenters. The monoisotopic (exact) mass is 315 g/mol.